The minimum absolute atomic E-state index is 0.143. The molecule has 0 aromatic heterocycles. The van der Waals surface area contributed by atoms with E-state index in [-0.39, 0.29) is 12.6 Å². The van der Waals surface area contributed by atoms with Crippen molar-refractivity contribution >= 4 is 11.7 Å². The quantitative estimate of drug-likeness (QED) is 0.641. The third-order valence-corrected chi connectivity index (χ3v) is 4.86. The van der Waals surface area contributed by atoms with Gasteiger partial charge in [0.25, 0.3) is 0 Å². The zero-order valence-electron chi connectivity index (χ0n) is 15.0. The molecule has 0 bridgehead atoms. The Hall–Kier alpha value is -1.59. The lowest BCUT2D eigenvalue weighted by Crippen LogP contribution is -2.34. The Kier molecular flexibility index (Phi) is 7.53. The number of benzene rings is 1. The van der Waals surface area contributed by atoms with E-state index < -0.39 is 0 Å². The van der Waals surface area contributed by atoms with Crippen molar-refractivity contribution in [2.24, 2.45) is 0 Å². The first-order chi connectivity index (χ1) is 11.6. The van der Waals surface area contributed by atoms with Gasteiger partial charge in [-0.3, -0.25) is 4.90 Å². The zero-order chi connectivity index (χ0) is 17.4. The Balaban J connectivity index is 1.63. The fraction of sp³-hybridized carbons (Fsp3) is 0.632. The maximum atomic E-state index is 11.9. The number of nitrogens with one attached hydrogen (secondary N) is 2. The number of carbonyl (C=O) groups excluding carboxylic acids is 1. The molecule has 3 N–H and O–H groups in total. The number of aryl methyl sites for hydroxylation is 2. The molecule has 1 aliphatic heterocycles. The van der Waals surface area contributed by atoms with Gasteiger partial charge < -0.3 is 15.7 Å². The van der Waals surface area contributed by atoms with Crippen LogP contribution in [0.4, 0.5) is 10.5 Å². The minimum atomic E-state index is -0.143. The van der Waals surface area contributed by atoms with E-state index in [9.17, 15) is 9.90 Å². The average molecular weight is 333 g/mol. The van der Waals surface area contributed by atoms with E-state index in [1.165, 1.54) is 17.5 Å². The largest absolute Gasteiger partial charge is 0.395 e. The standard InChI is InChI=1S/C19H31N3O2/c1-3-16-13-17(9-8-15(16)2)21-19(24)20-10-4-5-11-22-12-6-7-18(22)14-23/h8-9,13,18,23H,3-7,10-12,14H2,1-2H3,(H2,20,21,24). The van der Waals surface area contributed by atoms with Gasteiger partial charge in [-0.05, 0) is 75.4 Å². The monoisotopic (exact) mass is 333 g/mol. The third-order valence-electron chi connectivity index (χ3n) is 4.86. The predicted molar refractivity (Wildman–Crippen MR) is 98.5 cm³/mol. The summed E-state index contributed by atoms with van der Waals surface area (Å²) >= 11 is 0. The number of urea groups is 1. The van der Waals surface area contributed by atoms with Gasteiger partial charge in [-0.1, -0.05) is 13.0 Å². The highest BCUT2D eigenvalue weighted by atomic mass is 16.3. The van der Waals surface area contributed by atoms with Crippen LogP contribution in [0.5, 0.6) is 0 Å². The van der Waals surface area contributed by atoms with Crippen LogP contribution in [-0.2, 0) is 6.42 Å². The topological polar surface area (TPSA) is 64.6 Å². The van der Waals surface area contributed by atoms with Crippen LogP contribution < -0.4 is 10.6 Å². The number of anilines is 1. The molecule has 1 atom stereocenters. The Morgan fingerprint density at radius 3 is 2.96 bits per heavy atom. The molecule has 1 aromatic rings. The Bertz CT molecular complexity index is 533. The van der Waals surface area contributed by atoms with E-state index in [4.69, 9.17) is 0 Å². The van der Waals surface area contributed by atoms with Crippen molar-refractivity contribution < 1.29 is 9.90 Å². The summed E-state index contributed by atoms with van der Waals surface area (Å²) in [6.07, 6.45) is 5.25. The molecular formula is C19H31N3O2. The first-order valence-electron chi connectivity index (χ1n) is 9.13. The van der Waals surface area contributed by atoms with Crippen molar-refractivity contribution in [1.82, 2.24) is 10.2 Å². The van der Waals surface area contributed by atoms with Gasteiger partial charge in [-0.15, -0.1) is 0 Å². The van der Waals surface area contributed by atoms with E-state index in [1.54, 1.807) is 0 Å². The zero-order valence-corrected chi connectivity index (χ0v) is 15.0. The maximum Gasteiger partial charge on any atom is 0.319 e. The number of hydrogen-bond acceptors (Lipinski definition) is 3. The van der Waals surface area contributed by atoms with Gasteiger partial charge in [0, 0.05) is 18.3 Å². The number of rotatable bonds is 8. The maximum absolute atomic E-state index is 11.9. The first-order valence-corrected chi connectivity index (χ1v) is 9.13. The number of hydrogen-bond donors (Lipinski definition) is 3. The molecule has 1 unspecified atom stereocenters. The van der Waals surface area contributed by atoms with Crippen LogP contribution >= 0.6 is 0 Å². The van der Waals surface area contributed by atoms with E-state index >= 15 is 0 Å². The van der Waals surface area contributed by atoms with E-state index in [2.05, 4.69) is 29.4 Å². The molecule has 1 saturated heterocycles. The van der Waals surface area contributed by atoms with Gasteiger partial charge in [0.1, 0.15) is 0 Å². The number of carbonyl (C=O) groups is 1. The Morgan fingerprint density at radius 2 is 2.21 bits per heavy atom. The van der Waals surface area contributed by atoms with Gasteiger partial charge in [-0.2, -0.15) is 0 Å². The van der Waals surface area contributed by atoms with Gasteiger partial charge in [-0.25, -0.2) is 4.79 Å². The minimum Gasteiger partial charge on any atom is -0.395 e. The lowest BCUT2D eigenvalue weighted by atomic mass is 10.1. The van der Waals surface area contributed by atoms with Gasteiger partial charge in [0.15, 0.2) is 0 Å². The molecule has 24 heavy (non-hydrogen) atoms. The highest BCUT2D eigenvalue weighted by Crippen LogP contribution is 2.17. The molecule has 2 amide bonds. The fourth-order valence-electron chi connectivity index (χ4n) is 3.34. The highest BCUT2D eigenvalue weighted by Gasteiger charge is 2.22. The van der Waals surface area contributed by atoms with Crippen molar-refractivity contribution in [3.8, 4) is 0 Å². The van der Waals surface area contributed by atoms with E-state index in [1.807, 2.05) is 18.2 Å². The summed E-state index contributed by atoms with van der Waals surface area (Å²) in [6.45, 7) is 7.24. The van der Waals surface area contributed by atoms with Crippen LogP contribution in [-0.4, -0.2) is 48.3 Å². The van der Waals surface area contributed by atoms with E-state index in [0.29, 0.717) is 12.6 Å². The van der Waals surface area contributed by atoms with Crippen LogP contribution in [0.2, 0.25) is 0 Å². The second kappa shape index (κ2) is 9.64. The third kappa shape index (κ3) is 5.49. The van der Waals surface area contributed by atoms with Crippen LogP contribution in [0.15, 0.2) is 18.2 Å². The lowest BCUT2D eigenvalue weighted by Gasteiger charge is -2.22. The molecule has 1 heterocycles. The Labute approximate surface area is 145 Å². The second-order valence-corrected chi connectivity index (χ2v) is 6.60. The summed E-state index contributed by atoms with van der Waals surface area (Å²) in [7, 11) is 0. The van der Waals surface area contributed by atoms with Gasteiger partial charge in [0.2, 0.25) is 0 Å². The number of unbranched alkanes of at least 4 members (excludes halogenated alkanes) is 1. The summed E-state index contributed by atoms with van der Waals surface area (Å²) < 4.78 is 0. The molecule has 0 aliphatic carbocycles. The molecule has 0 radical (unpaired) electrons. The van der Waals surface area contributed by atoms with Crippen LogP contribution in [0.25, 0.3) is 0 Å². The van der Waals surface area contributed by atoms with Crippen LogP contribution in [0, 0.1) is 6.92 Å². The molecule has 1 aliphatic rings. The molecule has 0 saturated carbocycles. The van der Waals surface area contributed by atoms with Crippen molar-refractivity contribution in [3.63, 3.8) is 0 Å². The smallest absolute Gasteiger partial charge is 0.319 e. The van der Waals surface area contributed by atoms with Crippen molar-refractivity contribution in [2.75, 3.05) is 31.6 Å². The molecule has 0 spiro atoms. The molecule has 134 valence electrons. The highest BCUT2D eigenvalue weighted by molar-refractivity contribution is 5.89. The molecular weight excluding hydrogens is 302 g/mol. The molecule has 5 heteroatoms. The number of nitrogens with zero attached hydrogens (tertiary/aromatic N) is 1. The summed E-state index contributed by atoms with van der Waals surface area (Å²) in [5.41, 5.74) is 3.36. The Morgan fingerprint density at radius 1 is 1.38 bits per heavy atom. The first kappa shape index (κ1) is 18.7. The van der Waals surface area contributed by atoms with Crippen LogP contribution in [0.1, 0.15) is 43.7 Å². The molecule has 1 fully saturated rings. The predicted octanol–water partition coefficient (Wildman–Crippen LogP) is 2.92. The number of likely N-dealkylation sites (tertiary alicyclic amines) is 1. The average Bonchev–Trinajstić information content (AvgIpc) is 3.03. The second-order valence-electron chi connectivity index (χ2n) is 6.60. The summed E-state index contributed by atoms with van der Waals surface area (Å²) in [5, 5.41) is 15.1. The fourth-order valence-corrected chi connectivity index (χ4v) is 3.34. The number of amides is 2. The number of aliphatic hydroxyl groups is 1. The lowest BCUT2D eigenvalue weighted by molar-refractivity contribution is 0.157. The van der Waals surface area contributed by atoms with E-state index in [0.717, 1.165) is 44.5 Å². The molecule has 2 rings (SSSR count). The number of aliphatic hydroxyl groups excluding tert-OH is 1. The SMILES string of the molecule is CCc1cc(NC(=O)NCCCCN2CCCC2CO)ccc1C. The van der Waals surface area contributed by atoms with Gasteiger partial charge >= 0.3 is 6.03 Å². The molecule has 5 nitrogen and oxygen atoms in total. The molecule has 1 aromatic carbocycles. The van der Waals surface area contributed by atoms with Gasteiger partial charge in [0.05, 0.1) is 6.61 Å². The van der Waals surface area contributed by atoms with Crippen molar-refractivity contribution in [3.05, 3.63) is 29.3 Å². The summed E-state index contributed by atoms with van der Waals surface area (Å²) in [5.74, 6) is 0. The van der Waals surface area contributed by atoms with Crippen LogP contribution in [0.3, 0.4) is 0 Å². The summed E-state index contributed by atoms with van der Waals surface area (Å²) in [4.78, 5) is 14.3. The van der Waals surface area contributed by atoms with Crippen molar-refractivity contribution in [2.45, 2.75) is 52.0 Å². The normalized spacial score (nSPS) is 17.9. The summed E-state index contributed by atoms with van der Waals surface area (Å²) in [6, 6.07) is 6.22. The van der Waals surface area contributed by atoms with Crippen molar-refractivity contribution in [1.29, 1.82) is 0 Å².